The Kier molecular flexibility index (Phi) is 4.61. The number of carbonyl (C=O) groups excluding carboxylic acids is 1. The Labute approximate surface area is 102 Å². The van der Waals surface area contributed by atoms with Crippen molar-refractivity contribution in [3.63, 3.8) is 0 Å². The topological polar surface area (TPSA) is 98.7 Å². The lowest BCUT2D eigenvalue weighted by atomic mass is 10.2. The molecule has 0 saturated carbocycles. The van der Waals surface area contributed by atoms with Gasteiger partial charge in [0.1, 0.15) is 5.82 Å². The number of urea groups is 1. The maximum atomic E-state index is 13.0. The van der Waals surface area contributed by atoms with Gasteiger partial charge in [0.2, 0.25) is 0 Å². The molecule has 1 aromatic carbocycles. The summed E-state index contributed by atoms with van der Waals surface area (Å²) in [7, 11) is 0. The number of aryl methyl sites for hydroxylation is 1. The van der Waals surface area contributed by atoms with Crippen LogP contribution in [0.15, 0.2) is 18.2 Å². The Morgan fingerprint density at radius 2 is 2.06 bits per heavy atom. The molecule has 1 aromatic rings. The normalized spacial score (nSPS) is 11.7. The van der Waals surface area contributed by atoms with E-state index < -0.39 is 30.5 Å². The van der Waals surface area contributed by atoms with E-state index >= 15 is 0 Å². The fourth-order valence-electron chi connectivity index (χ4n) is 1.26. The molecule has 0 fully saturated rings. The van der Waals surface area contributed by atoms with E-state index in [9.17, 15) is 14.0 Å². The number of hydrogen-bond donors (Lipinski definition) is 4. The van der Waals surface area contributed by atoms with Gasteiger partial charge in [0, 0.05) is 5.69 Å². The Bertz CT molecular complexity index is 444. The van der Waals surface area contributed by atoms with Crippen LogP contribution in [-0.2, 0) is 4.79 Å². The quantitative estimate of drug-likeness (QED) is 0.637. The highest BCUT2D eigenvalue weighted by atomic mass is 19.1. The molecule has 0 heterocycles. The third kappa shape index (κ3) is 4.38. The molecule has 0 spiro atoms. The zero-order valence-corrected chi connectivity index (χ0v) is 9.61. The minimum absolute atomic E-state index is 0.245. The van der Waals surface area contributed by atoms with E-state index in [0.717, 1.165) is 6.07 Å². The third-order valence-corrected chi connectivity index (χ3v) is 2.04. The van der Waals surface area contributed by atoms with Crippen molar-refractivity contribution in [2.75, 3.05) is 11.9 Å². The zero-order chi connectivity index (χ0) is 13.7. The predicted octanol–water partition coefficient (Wildman–Crippen LogP) is 0.701. The molecule has 0 aliphatic carbocycles. The fourth-order valence-corrected chi connectivity index (χ4v) is 1.26. The summed E-state index contributed by atoms with van der Waals surface area (Å²) < 4.78 is 13.0. The van der Waals surface area contributed by atoms with Crippen LogP contribution in [0.5, 0.6) is 0 Å². The number of carboxylic acids is 1. The number of benzene rings is 1. The van der Waals surface area contributed by atoms with E-state index in [1.807, 2.05) is 0 Å². The number of anilines is 1. The molecule has 7 heteroatoms. The first kappa shape index (κ1) is 13.9. The highest BCUT2D eigenvalue weighted by molar-refractivity contribution is 5.89. The summed E-state index contributed by atoms with van der Waals surface area (Å²) >= 11 is 0. The molecule has 98 valence electrons. The molecular formula is C11H13FN2O4. The average Bonchev–Trinajstić information content (AvgIpc) is 2.24. The van der Waals surface area contributed by atoms with E-state index in [-0.39, 0.29) is 5.69 Å². The van der Waals surface area contributed by atoms with Crippen molar-refractivity contribution in [2.24, 2.45) is 0 Å². The minimum Gasteiger partial charge on any atom is -0.479 e. The van der Waals surface area contributed by atoms with Gasteiger partial charge in [-0.05, 0) is 30.7 Å². The molecular weight excluding hydrogens is 243 g/mol. The van der Waals surface area contributed by atoms with E-state index in [4.69, 9.17) is 10.2 Å². The van der Waals surface area contributed by atoms with Crippen molar-refractivity contribution in [3.8, 4) is 0 Å². The highest BCUT2D eigenvalue weighted by Crippen LogP contribution is 2.12. The molecule has 0 saturated heterocycles. The van der Waals surface area contributed by atoms with Gasteiger partial charge >= 0.3 is 12.0 Å². The average molecular weight is 256 g/mol. The van der Waals surface area contributed by atoms with Crippen LogP contribution in [0.2, 0.25) is 0 Å². The van der Waals surface area contributed by atoms with Gasteiger partial charge in [0.15, 0.2) is 6.10 Å². The number of hydrogen-bond acceptors (Lipinski definition) is 3. The SMILES string of the molecule is Cc1cc(F)cc(NC(=O)NC[C@H](O)C(=O)O)c1. The van der Waals surface area contributed by atoms with Gasteiger partial charge < -0.3 is 20.8 Å². The zero-order valence-electron chi connectivity index (χ0n) is 9.61. The number of aliphatic hydroxyl groups excluding tert-OH is 1. The van der Waals surface area contributed by atoms with E-state index in [2.05, 4.69) is 10.6 Å². The van der Waals surface area contributed by atoms with Crippen LogP contribution in [0.3, 0.4) is 0 Å². The van der Waals surface area contributed by atoms with Gasteiger partial charge in [-0.25, -0.2) is 14.0 Å². The minimum atomic E-state index is -1.68. The number of aliphatic hydroxyl groups is 1. The fraction of sp³-hybridized carbons (Fsp3) is 0.273. The lowest BCUT2D eigenvalue weighted by Gasteiger charge is -2.10. The van der Waals surface area contributed by atoms with Gasteiger partial charge in [-0.15, -0.1) is 0 Å². The molecule has 0 bridgehead atoms. The van der Waals surface area contributed by atoms with Crippen LogP contribution in [0.4, 0.5) is 14.9 Å². The molecule has 0 radical (unpaired) electrons. The van der Waals surface area contributed by atoms with Gasteiger partial charge in [-0.1, -0.05) is 0 Å². The number of carboxylic acid groups (broad SMARTS) is 1. The summed E-state index contributed by atoms with van der Waals surface area (Å²) in [5.41, 5.74) is 0.880. The Balaban J connectivity index is 2.52. The van der Waals surface area contributed by atoms with Crippen molar-refractivity contribution in [1.29, 1.82) is 0 Å². The molecule has 2 amide bonds. The Morgan fingerprint density at radius 3 is 2.61 bits per heavy atom. The molecule has 1 rings (SSSR count). The molecule has 0 aromatic heterocycles. The number of carbonyl (C=O) groups is 2. The lowest BCUT2D eigenvalue weighted by Crippen LogP contribution is -2.38. The van der Waals surface area contributed by atoms with Crippen molar-refractivity contribution in [2.45, 2.75) is 13.0 Å². The largest absolute Gasteiger partial charge is 0.479 e. The number of aliphatic carboxylic acids is 1. The monoisotopic (exact) mass is 256 g/mol. The molecule has 6 nitrogen and oxygen atoms in total. The summed E-state index contributed by atoms with van der Waals surface area (Å²) in [4.78, 5) is 21.6. The molecule has 4 N–H and O–H groups in total. The van der Waals surface area contributed by atoms with Crippen LogP contribution < -0.4 is 10.6 Å². The summed E-state index contributed by atoms with van der Waals surface area (Å²) in [5.74, 6) is -1.92. The number of amides is 2. The second-order valence-corrected chi connectivity index (χ2v) is 3.71. The number of rotatable bonds is 4. The Morgan fingerprint density at radius 1 is 1.39 bits per heavy atom. The van der Waals surface area contributed by atoms with Gasteiger partial charge in [0.05, 0.1) is 6.54 Å². The lowest BCUT2D eigenvalue weighted by molar-refractivity contribution is -0.146. The first-order chi connectivity index (χ1) is 8.38. The van der Waals surface area contributed by atoms with Crippen LogP contribution in [0.1, 0.15) is 5.56 Å². The van der Waals surface area contributed by atoms with Crippen molar-refractivity contribution in [1.82, 2.24) is 5.32 Å². The van der Waals surface area contributed by atoms with Crippen LogP contribution in [0, 0.1) is 12.7 Å². The van der Waals surface area contributed by atoms with Crippen LogP contribution in [-0.4, -0.2) is 34.9 Å². The second-order valence-electron chi connectivity index (χ2n) is 3.71. The highest BCUT2D eigenvalue weighted by Gasteiger charge is 2.14. The summed E-state index contributed by atoms with van der Waals surface area (Å²) in [6.07, 6.45) is -1.68. The molecule has 0 aliphatic rings. The van der Waals surface area contributed by atoms with Gasteiger partial charge in [-0.3, -0.25) is 0 Å². The molecule has 18 heavy (non-hydrogen) atoms. The number of nitrogens with one attached hydrogen (secondary N) is 2. The third-order valence-electron chi connectivity index (χ3n) is 2.04. The van der Waals surface area contributed by atoms with Crippen LogP contribution in [0.25, 0.3) is 0 Å². The van der Waals surface area contributed by atoms with E-state index in [0.29, 0.717) is 5.56 Å². The first-order valence-corrected chi connectivity index (χ1v) is 5.11. The summed E-state index contributed by atoms with van der Waals surface area (Å²) in [6.45, 7) is 1.23. The van der Waals surface area contributed by atoms with Crippen LogP contribution >= 0.6 is 0 Å². The second kappa shape index (κ2) is 5.97. The predicted molar refractivity (Wildman–Crippen MR) is 61.8 cm³/mol. The molecule has 0 aliphatic heterocycles. The molecule has 0 unspecified atom stereocenters. The smallest absolute Gasteiger partial charge is 0.334 e. The van der Waals surface area contributed by atoms with Gasteiger partial charge in [-0.2, -0.15) is 0 Å². The first-order valence-electron chi connectivity index (χ1n) is 5.11. The molecule has 1 atom stereocenters. The van der Waals surface area contributed by atoms with Gasteiger partial charge in [0.25, 0.3) is 0 Å². The Hall–Kier alpha value is -2.15. The van der Waals surface area contributed by atoms with Crippen molar-refractivity contribution >= 4 is 17.7 Å². The number of halogens is 1. The summed E-state index contributed by atoms with van der Waals surface area (Å²) in [6, 6.07) is 3.26. The van der Waals surface area contributed by atoms with E-state index in [1.54, 1.807) is 13.0 Å². The maximum absolute atomic E-state index is 13.0. The van der Waals surface area contributed by atoms with Crippen molar-refractivity contribution in [3.05, 3.63) is 29.6 Å². The van der Waals surface area contributed by atoms with E-state index in [1.165, 1.54) is 6.07 Å². The maximum Gasteiger partial charge on any atom is 0.334 e. The van der Waals surface area contributed by atoms with Crippen molar-refractivity contribution < 1.29 is 24.2 Å². The standard InChI is InChI=1S/C11H13FN2O4/c1-6-2-7(12)4-8(3-6)14-11(18)13-5-9(15)10(16)17/h2-4,9,15H,5H2,1H3,(H,16,17)(H2,13,14,18)/t9-/m0/s1. The summed E-state index contributed by atoms with van der Waals surface area (Å²) in [5, 5.41) is 21.8.